The zero-order valence-electron chi connectivity index (χ0n) is 12.5. The SMILES string of the molecule is C[C@@H]1C[C@@H](c2ccc(F)cc2)CN1C(=O)c1ccc(C(=O)O)o1. The van der Waals surface area contributed by atoms with Crippen LogP contribution in [0.4, 0.5) is 4.39 Å². The van der Waals surface area contributed by atoms with Crippen molar-refractivity contribution in [3.63, 3.8) is 0 Å². The van der Waals surface area contributed by atoms with Crippen LogP contribution in [0.25, 0.3) is 0 Å². The number of amides is 1. The summed E-state index contributed by atoms with van der Waals surface area (Å²) in [7, 11) is 0. The van der Waals surface area contributed by atoms with Crippen LogP contribution in [0, 0.1) is 5.82 Å². The molecule has 1 aromatic carbocycles. The maximum Gasteiger partial charge on any atom is 0.371 e. The Morgan fingerprint density at radius 3 is 2.43 bits per heavy atom. The van der Waals surface area contributed by atoms with E-state index >= 15 is 0 Å². The van der Waals surface area contributed by atoms with Crippen LogP contribution in [0.1, 0.15) is 45.9 Å². The molecule has 2 heterocycles. The molecular weight excluding hydrogens is 301 g/mol. The Morgan fingerprint density at radius 1 is 1.17 bits per heavy atom. The summed E-state index contributed by atoms with van der Waals surface area (Å²) in [6, 6.07) is 8.94. The van der Waals surface area contributed by atoms with Gasteiger partial charge in [0.1, 0.15) is 5.82 Å². The van der Waals surface area contributed by atoms with Gasteiger partial charge in [-0.25, -0.2) is 9.18 Å². The minimum atomic E-state index is -1.21. The molecule has 0 saturated carbocycles. The Labute approximate surface area is 132 Å². The summed E-state index contributed by atoms with van der Waals surface area (Å²) in [5.41, 5.74) is 0.985. The van der Waals surface area contributed by atoms with Gasteiger partial charge in [-0.3, -0.25) is 4.79 Å². The molecule has 23 heavy (non-hydrogen) atoms. The third-order valence-corrected chi connectivity index (χ3v) is 4.20. The van der Waals surface area contributed by atoms with Crippen LogP contribution in [0.3, 0.4) is 0 Å². The molecule has 2 aromatic rings. The van der Waals surface area contributed by atoms with E-state index in [2.05, 4.69) is 0 Å². The molecule has 0 aliphatic carbocycles. The van der Waals surface area contributed by atoms with Crippen molar-refractivity contribution in [2.45, 2.75) is 25.3 Å². The highest BCUT2D eigenvalue weighted by atomic mass is 19.1. The lowest BCUT2D eigenvalue weighted by Crippen LogP contribution is -2.33. The lowest BCUT2D eigenvalue weighted by atomic mass is 9.97. The average molecular weight is 317 g/mol. The summed E-state index contributed by atoms with van der Waals surface area (Å²) >= 11 is 0. The van der Waals surface area contributed by atoms with Gasteiger partial charge in [0.05, 0.1) is 0 Å². The van der Waals surface area contributed by atoms with E-state index < -0.39 is 5.97 Å². The summed E-state index contributed by atoms with van der Waals surface area (Å²) < 4.78 is 18.1. The summed E-state index contributed by atoms with van der Waals surface area (Å²) in [5.74, 6) is -1.92. The molecule has 0 radical (unpaired) electrons. The minimum absolute atomic E-state index is 0.00377. The van der Waals surface area contributed by atoms with Crippen LogP contribution >= 0.6 is 0 Å². The first-order chi connectivity index (χ1) is 11.0. The van der Waals surface area contributed by atoms with Gasteiger partial charge in [0.2, 0.25) is 5.76 Å². The first-order valence-corrected chi connectivity index (χ1v) is 7.35. The van der Waals surface area contributed by atoms with E-state index in [-0.39, 0.29) is 35.2 Å². The first kappa shape index (κ1) is 15.3. The molecule has 5 nitrogen and oxygen atoms in total. The van der Waals surface area contributed by atoms with E-state index in [1.807, 2.05) is 6.92 Å². The summed E-state index contributed by atoms with van der Waals surface area (Å²) in [5, 5.41) is 8.86. The van der Waals surface area contributed by atoms with Crippen molar-refractivity contribution in [1.82, 2.24) is 4.90 Å². The number of likely N-dealkylation sites (tertiary alicyclic amines) is 1. The Kier molecular flexibility index (Phi) is 3.90. The first-order valence-electron chi connectivity index (χ1n) is 7.35. The van der Waals surface area contributed by atoms with Gasteiger partial charge in [0.15, 0.2) is 5.76 Å². The fourth-order valence-electron chi connectivity index (χ4n) is 3.00. The van der Waals surface area contributed by atoms with Gasteiger partial charge in [-0.1, -0.05) is 12.1 Å². The van der Waals surface area contributed by atoms with Crippen molar-refractivity contribution in [1.29, 1.82) is 0 Å². The van der Waals surface area contributed by atoms with Crippen molar-refractivity contribution in [2.24, 2.45) is 0 Å². The van der Waals surface area contributed by atoms with E-state index in [9.17, 15) is 14.0 Å². The second-order valence-electron chi connectivity index (χ2n) is 5.76. The van der Waals surface area contributed by atoms with Crippen molar-refractivity contribution < 1.29 is 23.5 Å². The number of rotatable bonds is 3. The molecule has 1 fully saturated rings. The topological polar surface area (TPSA) is 70.8 Å². The number of halogens is 1. The molecule has 0 spiro atoms. The molecule has 0 unspecified atom stereocenters. The lowest BCUT2D eigenvalue weighted by molar-refractivity contribution is 0.0648. The van der Waals surface area contributed by atoms with E-state index in [0.29, 0.717) is 6.54 Å². The molecular formula is C17H16FNO4. The molecule has 3 rings (SSSR count). The quantitative estimate of drug-likeness (QED) is 0.944. The molecule has 1 aromatic heterocycles. The van der Waals surface area contributed by atoms with Crippen molar-refractivity contribution >= 4 is 11.9 Å². The number of benzene rings is 1. The van der Waals surface area contributed by atoms with Crippen molar-refractivity contribution in [3.05, 3.63) is 59.3 Å². The molecule has 2 atom stereocenters. The highest BCUT2D eigenvalue weighted by molar-refractivity contribution is 5.94. The molecule has 1 aliphatic rings. The average Bonchev–Trinajstić information content (AvgIpc) is 3.14. The molecule has 120 valence electrons. The fourth-order valence-corrected chi connectivity index (χ4v) is 3.00. The zero-order valence-corrected chi connectivity index (χ0v) is 12.5. The number of hydrogen-bond donors (Lipinski definition) is 1. The third-order valence-electron chi connectivity index (χ3n) is 4.20. The van der Waals surface area contributed by atoms with Crippen LogP contribution in [-0.2, 0) is 0 Å². The van der Waals surface area contributed by atoms with Gasteiger partial charge in [-0.15, -0.1) is 0 Å². The van der Waals surface area contributed by atoms with Crippen LogP contribution < -0.4 is 0 Å². The number of carboxylic acid groups (broad SMARTS) is 1. The largest absolute Gasteiger partial charge is 0.475 e. The molecule has 1 saturated heterocycles. The zero-order chi connectivity index (χ0) is 16.6. The predicted octanol–water partition coefficient (Wildman–Crippen LogP) is 3.14. The van der Waals surface area contributed by atoms with E-state index in [0.717, 1.165) is 12.0 Å². The number of carboxylic acids is 1. The van der Waals surface area contributed by atoms with Gasteiger partial charge >= 0.3 is 5.97 Å². The Bertz CT molecular complexity index is 737. The van der Waals surface area contributed by atoms with Gasteiger partial charge in [0.25, 0.3) is 5.91 Å². The number of carbonyl (C=O) groups excluding carboxylic acids is 1. The van der Waals surface area contributed by atoms with Crippen molar-refractivity contribution in [2.75, 3.05) is 6.54 Å². The van der Waals surface area contributed by atoms with E-state index in [1.165, 1.54) is 24.3 Å². The molecule has 1 N–H and O–H groups in total. The number of furan rings is 1. The lowest BCUT2D eigenvalue weighted by Gasteiger charge is -2.20. The van der Waals surface area contributed by atoms with Gasteiger partial charge in [-0.05, 0) is 43.2 Å². The molecule has 6 heteroatoms. The fraction of sp³-hybridized carbons (Fsp3) is 0.294. The monoisotopic (exact) mass is 317 g/mol. The van der Waals surface area contributed by atoms with Gasteiger partial charge < -0.3 is 14.4 Å². The number of carbonyl (C=O) groups is 2. The summed E-state index contributed by atoms with van der Waals surface area (Å²) in [6.45, 7) is 2.43. The Balaban J connectivity index is 1.76. The number of aromatic carboxylic acids is 1. The third kappa shape index (κ3) is 2.97. The number of nitrogens with zero attached hydrogens (tertiary/aromatic N) is 1. The Morgan fingerprint density at radius 2 is 1.83 bits per heavy atom. The second-order valence-corrected chi connectivity index (χ2v) is 5.76. The van der Waals surface area contributed by atoms with Crippen LogP contribution in [-0.4, -0.2) is 34.5 Å². The van der Waals surface area contributed by atoms with Crippen LogP contribution in [0.15, 0.2) is 40.8 Å². The van der Waals surface area contributed by atoms with Crippen LogP contribution in [0.2, 0.25) is 0 Å². The Hall–Kier alpha value is -2.63. The second kappa shape index (κ2) is 5.87. The molecule has 1 aliphatic heterocycles. The number of hydrogen-bond acceptors (Lipinski definition) is 3. The summed E-state index contributed by atoms with van der Waals surface area (Å²) in [6.07, 6.45) is 0.768. The molecule has 0 bridgehead atoms. The van der Waals surface area contributed by atoms with Gasteiger partial charge in [-0.2, -0.15) is 0 Å². The normalized spacial score (nSPS) is 20.7. The van der Waals surface area contributed by atoms with E-state index in [4.69, 9.17) is 9.52 Å². The van der Waals surface area contributed by atoms with Crippen molar-refractivity contribution in [3.8, 4) is 0 Å². The summed E-state index contributed by atoms with van der Waals surface area (Å²) in [4.78, 5) is 25.0. The van der Waals surface area contributed by atoms with Gasteiger partial charge in [0, 0.05) is 18.5 Å². The van der Waals surface area contributed by atoms with Crippen LogP contribution in [0.5, 0.6) is 0 Å². The van der Waals surface area contributed by atoms with E-state index in [1.54, 1.807) is 17.0 Å². The maximum atomic E-state index is 13.0. The highest BCUT2D eigenvalue weighted by Gasteiger charge is 2.35. The highest BCUT2D eigenvalue weighted by Crippen LogP contribution is 2.32. The smallest absolute Gasteiger partial charge is 0.371 e. The molecule has 1 amide bonds. The minimum Gasteiger partial charge on any atom is -0.475 e. The maximum absolute atomic E-state index is 13.0. The standard InChI is InChI=1S/C17H16FNO4/c1-10-8-12(11-2-4-13(18)5-3-11)9-19(10)16(20)14-6-7-15(23-14)17(21)22/h2-7,10,12H,8-9H2,1H3,(H,21,22)/t10-,12-/m1/s1. The predicted molar refractivity (Wildman–Crippen MR) is 79.9 cm³/mol.